The smallest absolute Gasteiger partial charge is 0.186 e. The molecule has 98 valence electrons. The molecule has 2 rings (SSSR count). The van der Waals surface area contributed by atoms with Crippen LogP contribution >= 0.6 is 0 Å². The topological polar surface area (TPSA) is 54.5 Å². The minimum Gasteiger partial charge on any atom is -0.215 e. The average Bonchev–Trinajstić information content (AvgIpc) is 2.82. The number of hydrogen-bond acceptors (Lipinski definition) is 3. The second kappa shape index (κ2) is 4.85. The molecule has 0 amide bonds. The van der Waals surface area contributed by atoms with Crippen molar-refractivity contribution in [3.63, 3.8) is 0 Å². The molecule has 0 spiro atoms. The molecule has 1 aromatic carbocycles. The van der Waals surface area contributed by atoms with Gasteiger partial charge in [0, 0.05) is 5.41 Å². The van der Waals surface area contributed by atoms with Crippen molar-refractivity contribution < 1.29 is 0 Å². The molecular formula is C15H18N4. The van der Waals surface area contributed by atoms with Gasteiger partial charge in [0.2, 0.25) is 0 Å². The number of aryl methyl sites for hydroxylation is 1. The molecule has 0 radical (unpaired) electrons. The number of para-hydroxylation sites is 1. The first-order chi connectivity index (χ1) is 8.99. The fraction of sp³-hybridized carbons (Fsp3) is 0.400. The Labute approximate surface area is 113 Å². The van der Waals surface area contributed by atoms with Gasteiger partial charge in [-0.05, 0) is 18.1 Å². The minimum atomic E-state index is -0.185. The molecule has 0 bridgehead atoms. The molecule has 0 N–H and O–H groups in total. The summed E-state index contributed by atoms with van der Waals surface area (Å²) in [4.78, 5) is 0. The maximum absolute atomic E-state index is 9.20. The fourth-order valence-electron chi connectivity index (χ4n) is 2.22. The Balaban J connectivity index is 2.71. The van der Waals surface area contributed by atoms with Crippen LogP contribution in [0.1, 0.15) is 44.6 Å². The van der Waals surface area contributed by atoms with Gasteiger partial charge in [0.05, 0.1) is 11.4 Å². The summed E-state index contributed by atoms with van der Waals surface area (Å²) < 4.78 is 1.80. The molecule has 0 aliphatic carbocycles. The van der Waals surface area contributed by atoms with E-state index in [2.05, 4.69) is 50.1 Å². The first kappa shape index (κ1) is 13.3. The number of aromatic nitrogens is 3. The van der Waals surface area contributed by atoms with Crippen molar-refractivity contribution in [2.45, 2.75) is 39.5 Å². The molecule has 0 aliphatic rings. The van der Waals surface area contributed by atoms with E-state index in [4.69, 9.17) is 0 Å². The summed E-state index contributed by atoms with van der Waals surface area (Å²) in [5.41, 5.74) is 3.27. The van der Waals surface area contributed by atoms with Gasteiger partial charge in [-0.15, -0.1) is 5.10 Å². The van der Waals surface area contributed by atoms with Crippen molar-refractivity contribution in [1.29, 1.82) is 5.26 Å². The predicted octanol–water partition coefficient (Wildman–Crippen LogP) is 3.00. The number of rotatable bonds is 2. The molecule has 1 heterocycles. The zero-order valence-electron chi connectivity index (χ0n) is 11.8. The van der Waals surface area contributed by atoms with E-state index in [1.165, 1.54) is 5.56 Å². The monoisotopic (exact) mass is 254 g/mol. The number of nitriles is 1. The molecule has 4 nitrogen and oxygen atoms in total. The van der Waals surface area contributed by atoms with Crippen molar-refractivity contribution in [3.8, 4) is 11.8 Å². The Hall–Kier alpha value is -2.15. The van der Waals surface area contributed by atoms with Crippen LogP contribution < -0.4 is 0 Å². The molecule has 0 saturated carbocycles. The van der Waals surface area contributed by atoms with Crippen LogP contribution in [-0.4, -0.2) is 15.0 Å². The highest BCUT2D eigenvalue weighted by Crippen LogP contribution is 2.27. The van der Waals surface area contributed by atoms with Crippen LogP contribution in [0.2, 0.25) is 0 Å². The number of benzene rings is 1. The van der Waals surface area contributed by atoms with Crippen molar-refractivity contribution in [2.75, 3.05) is 0 Å². The highest BCUT2D eigenvalue weighted by molar-refractivity contribution is 5.44. The molecule has 0 saturated heterocycles. The third kappa shape index (κ3) is 2.37. The highest BCUT2D eigenvalue weighted by Gasteiger charge is 2.26. The molecule has 2 aromatic rings. The summed E-state index contributed by atoms with van der Waals surface area (Å²) in [6.07, 6.45) is 0.918. The van der Waals surface area contributed by atoms with E-state index in [1.807, 2.05) is 18.2 Å². The van der Waals surface area contributed by atoms with E-state index in [0.29, 0.717) is 5.69 Å². The quantitative estimate of drug-likeness (QED) is 0.827. The molecule has 1 aromatic heterocycles. The Morgan fingerprint density at radius 3 is 2.53 bits per heavy atom. The molecular weight excluding hydrogens is 236 g/mol. The second-order valence-electron chi connectivity index (χ2n) is 5.54. The van der Waals surface area contributed by atoms with Gasteiger partial charge in [0.1, 0.15) is 6.07 Å². The van der Waals surface area contributed by atoms with E-state index in [-0.39, 0.29) is 5.41 Å². The van der Waals surface area contributed by atoms with Crippen LogP contribution in [0.3, 0.4) is 0 Å². The molecule has 0 fully saturated rings. The zero-order valence-corrected chi connectivity index (χ0v) is 11.8. The summed E-state index contributed by atoms with van der Waals surface area (Å²) in [6.45, 7) is 8.31. The van der Waals surface area contributed by atoms with Gasteiger partial charge < -0.3 is 0 Å². The summed E-state index contributed by atoms with van der Waals surface area (Å²) in [5, 5.41) is 17.4. The standard InChI is InChI=1S/C15H18N4/c1-5-11-8-6-7-9-13(11)19-14(15(2,3)4)12(10-16)17-18-19/h6-9H,5H2,1-4H3. The van der Waals surface area contributed by atoms with Crippen LogP contribution in [0.5, 0.6) is 0 Å². The van der Waals surface area contributed by atoms with Crippen LogP contribution in [0.15, 0.2) is 24.3 Å². The highest BCUT2D eigenvalue weighted by atomic mass is 15.4. The minimum absolute atomic E-state index is 0.185. The van der Waals surface area contributed by atoms with Crippen molar-refractivity contribution in [1.82, 2.24) is 15.0 Å². The van der Waals surface area contributed by atoms with Crippen molar-refractivity contribution >= 4 is 0 Å². The third-order valence-corrected chi connectivity index (χ3v) is 3.09. The van der Waals surface area contributed by atoms with Crippen molar-refractivity contribution in [2.24, 2.45) is 0 Å². The Bertz CT molecular complexity index is 626. The van der Waals surface area contributed by atoms with Crippen LogP contribution in [0.4, 0.5) is 0 Å². The normalized spacial score (nSPS) is 11.3. The SMILES string of the molecule is CCc1ccccc1-n1nnc(C#N)c1C(C)(C)C. The zero-order chi connectivity index (χ0) is 14.0. The van der Waals surface area contributed by atoms with Gasteiger partial charge >= 0.3 is 0 Å². The Morgan fingerprint density at radius 2 is 1.95 bits per heavy atom. The van der Waals surface area contributed by atoms with Gasteiger partial charge in [0.25, 0.3) is 0 Å². The van der Waals surface area contributed by atoms with E-state index >= 15 is 0 Å². The van der Waals surface area contributed by atoms with E-state index in [9.17, 15) is 5.26 Å². The molecule has 0 atom stereocenters. The number of nitrogens with zero attached hydrogens (tertiary/aromatic N) is 4. The Kier molecular flexibility index (Phi) is 3.39. The van der Waals surface area contributed by atoms with Gasteiger partial charge in [-0.25, -0.2) is 4.68 Å². The largest absolute Gasteiger partial charge is 0.215 e. The molecule has 19 heavy (non-hydrogen) atoms. The molecule has 0 aliphatic heterocycles. The average molecular weight is 254 g/mol. The van der Waals surface area contributed by atoms with Gasteiger partial charge in [-0.1, -0.05) is 51.1 Å². The lowest BCUT2D eigenvalue weighted by molar-refractivity contribution is 0.540. The maximum atomic E-state index is 9.20. The van der Waals surface area contributed by atoms with Crippen molar-refractivity contribution in [3.05, 3.63) is 41.2 Å². The maximum Gasteiger partial charge on any atom is 0.186 e. The molecule has 4 heteroatoms. The van der Waals surface area contributed by atoms with Gasteiger partial charge in [-0.3, -0.25) is 0 Å². The number of hydrogen-bond donors (Lipinski definition) is 0. The molecule has 0 unspecified atom stereocenters. The summed E-state index contributed by atoms with van der Waals surface area (Å²) in [6, 6.07) is 10.2. The van der Waals surface area contributed by atoms with E-state index < -0.39 is 0 Å². The van der Waals surface area contributed by atoms with Crippen LogP contribution in [0.25, 0.3) is 5.69 Å². The lowest BCUT2D eigenvalue weighted by Crippen LogP contribution is -2.19. The lowest BCUT2D eigenvalue weighted by Gasteiger charge is -2.20. The summed E-state index contributed by atoms with van der Waals surface area (Å²) >= 11 is 0. The lowest BCUT2D eigenvalue weighted by atomic mass is 9.90. The Morgan fingerprint density at radius 1 is 1.26 bits per heavy atom. The predicted molar refractivity (Wildman–Crippen MR) is 74.2 cm³/mol. The van der Waals surface area contributed by atoms with Crippen LogP contribution in [-0.2, 0) is 11.8 Å². The first-order valence-corrected chi connectivity index (χ1v) is 6.43. The first-order valence-electron chi connectivity index (χ1n) is 6.43. The summed E-state index contributed by atoms with van der Waals surface area (Å²) in [7, 11) is 0. The van der Waals surface area contributed by atoms with Gasteiger partial charge in [0.15, 0.2) is 5.69 Å². The summed E-state index contributed by atoms with van der Waals surface area (Å²) in [5.74, 6) is 0. The third-order valence-electron chi connectivity index (χ3n) is 3.09. The second-order valence-corrected chi connectivity index (χ2v) is 5.54. The van der Waals surface area contributed by atoms with E-state index in [1.54, 1.807) is 4.68 Å². The van der Waals surface area contributed by atoms with Gasteiger partial charge in [-0.2, -0.15) is 5.26 Å². The van der Waals surface area contributed by atoms with E-state index in [0.717, 1.165) is 17.8 Å². The fourth-order valence-corrected chi connectivity index (χ4v) is 2.22. The van der Waals surface area contributed by atoms with Crippen LogP contribution in [0, 0.1) is 11.3 Å².